The second-order valence-corrected chi connectivity index (χ2v) is 4.57. The Labute approximate surface area is 80.5 Å². The topological polar surface area (TPSA) is 52.4 Å². The van der Waals surface area contributed by atoms with Crippen molar-refractivity contribution in [1.82, 2.24) is 0 Å². The maximum absolute atomic E-state index is 10.2. The standard InChI is InChI=1S/C8H11NO3S/c10-9(11)5-8-12-6-3-1-2-4-7(6)13-8/h5-7H,1-4H2/b8-5-. The van der Waals surface area contributed by atoms with E-state index in [-0.39, 0.29) is 6.10 Å². The molecule has 0 amide bonds. The molecule has 1 aliphatic heterocycles. The van der Waals surface area contributed by atoms with Crippen molar-refractivity contribution in [2.75, 3.05) is 0 Å². The number of nitro groups is 1. The van der Waals surface area contributed by atoms with E-state index in [1.54, 1.807) is 0 Å². The van der Waals surface area contributed by atoms with Gasteiger partial charge in [-0.05, 0) is 19.3 Å². The predicted octanol–water partition coefficient (Wildman–Crippen LogP) is 2.14. The molecule has 2 unspecified atom stereocenters. The van der Waals surface area contributed by atoms with Gasteiger partial charge in [-0.15, -0.1) is 0 Å². The van der Waals surface area contributed by atoms with Crippen LogP contribution in [-0.2, 0) is 4.74 Å². The van der Waals surface area contributed by atoms with Crippen LogP contribution in [-0.4, -0.2) is 16.3 Å². The van der Waals surface area contributed by atoms with E-state index < -0.39 is 4.92 Å². The summed E-state index contributed by atoms with van der Waals surface area (Å²) < 4.78 is 5.46. The third kappa shape index (κ3) is 1.96. The van der Waals surface area contributed by atoms with E-state index in [4.69, 9.17) is 4.74 Å². The zero-order valence-electron chi connectivity index (χ0n) is 7.14. The van der Waals surface area contributed by atoms with Crippen LogP contribution < -0.4 is 0 Å². The number of rotatable bonds is 1. The maximum atomic E-state index is 10.2. The van der Waals surface area contributed by atoms with Gasteiger partial charge < -0.3 is 4.74 Å². The fraction of sp³-hybridized carbons (Fsp3) is 0.750. The van der Waals surface area contributed by atoms with Gasteiger partial charge in [0.15, 0.2) is 0 Å². The van der Waals surface area contributed by atoms with Crippen molar-refractivity contribution in [3.63, 3.8) is 0 Å². The summed E-state index contributed by atoms with van der Waals surface area (Å²) in [6, 6.07) is 0. The van der Waals surface area contributed by atoms with Gasteiger partial charge in [0.1, 0.15) is 6.10 Å². The Hall–Kier alpha value is -0.710. The molecule has 2 atom stereocenters. The number of ether oxygens (including phenoxy) is 1. The smallest absolute Gasteiger partial charge is 0.282 e. The molecule has 13 heavy (non-hydrogen) atoms. The molecule has 1 saturated carbocycles. The van der Waals surface area contributed by atoms with Gasteiger partial charge >= 0.3 is 0 Å². The molecule has 0 bridgehead atoms. The van der Waals surface area contributed by atoms with Crippen molar-refractivity contribution < 1.29 is 9.66 Å². The lowest BCUT2D eigenvalue weighted by Crippen LogP contribution is -2.23. The van der Waals surface area contributed by atoms with Crippen molar-refractivity contribution in [2.24, 2.45) is 0 Å². The first-order chi connectivity index (χ1) is 6.25. The van der Waals surface area contributed by atoms with E-state index in [1.807, 2.05) is 0 Å². The minimum absolute atomic E-state index is 0.227. The quantitative estimate of drug-likeness (QED) is 0.481. The van der Waals surface area contributed by atoms with Gasteiger partial charge in [0, 0.05) is 5.25 Å². The second kappa shape index (κ2) is 3.57. The molecular formula is C8H11NO3S. The highest BCUT2D eigenvalue weighted by atomic mass is 32.2. The highest BCUT2D eigenvalue weighted by Crippen LogP contribution is 2.43. The Balaban J connectivity index is 2.02. The molecule has 1 aliphatic carbocycles. The molecule has 0 N–H and O–H groups in total. The Morgan fingerprint density at radius 1 is 1.54 bits per heavy atom. The van der Waals surface area contributed by atoms with Crippen LogP contribution in [0.15, 0.2) is 11.3 Å². The summed E-state index contributed by atoms with van der Waals surface area (Å²) in [6.07, 6.45) is 5.79. The molecule has 1 heterocycles. The maximum Gasteiger partial charge on any atom is 0.282 e. The van der Waals surface area contributed by atoms with E-state index in [9.17, 15) is 10.1 Å². The lowest BCUT2D eigenvalue weighted by Gasteiger charge is -2.21. The van der Waals surface area contributed by atoms with Gasteiger partial charge in [0.05, 0.1) is 4.92 Å². The van der Waals surface area contributed by atoms with Crippen LogP contribution in [0.4, 0.5) is 0 Å². The highest BCUT2D eigenvalue weighted by Gasteiger charge is 2.36. The summed E-state index contributed by atoms with van der Waals surface area (Å²) >= 11 is 1.52. The number of hydrogen-bond acceptors (Lipinski definition) is 4. The molecule has 0 aromatic heterocycles. The van der Waals surface area contributed by atoms with Crippen LogP contribution in [0.25, 0.3) is 0 Å². The van der Waals surface area contributed by atoms with Crippen LogP contribution >= 0.6 is 11.8 Å². The average molecular weight is 201 g/mol. The first-order valence-electron chi connectivity index (χ1n) is 4.44. The fourth-order valence-corrected chi connectivity index (χ4v) is 3.06. The van der Waals surface area contributed by atoms with Crippen molar-refractivity contribution in [3.05, 3.63) is 21.4 Å². The van der Waals surface area contributed by atoms with Gasteiger partial charge in [0.25, 0.3) is 6.20 Å². The third-order valence-electron chi connectivity index (χ3n) is 2.39. The zero-order chi connectivity index (χ0) is 9.26. The summed E-state index contributed by atoms with van der Waals surface area (Å²) in [5, 5.41) is 11.1. The summed E-state index contributed by atoms with van der Waals surface area (Å²) in [5.74, 6) is 0. The Bertz CT molecular complexity index is 238. The molecule has 2 fully saturated rings. The van der Waals surface area contributed by atoms with Gasteiger partial charge in [-0.25, -0.2) is 0 Å². The number of fused-ring (bicyclic) bond motifs is 1. The lowest BCUT2D eigenvalue weighted by molar-refractivity contribution is -0.404. The van der Waals surface area contributed by atoms with E-state index in [0.29, 0.717) is 10.3 Å². The molecule has 72 valence electrons. The van der Waals surface area contributed by atoms with Crippen LogP contribution in [0.5, 0.6) is 0 Å². The average Bonchev–Trinajstić information content (AvgIpc) is 2.44. The van der Waals surface area contributed by atoms with Crippen LogP contribution in [0.2, 0.25) is 0 Å². The van der Waals surface area contributed by atoms with Gasteiger partial charge in [0.2, 0.25) is 5.09 Å². The summed E-state index contributed by atoms with van der Waals surface area (Å²) in [4.78, 5) is 9.75. The van der Waals surface area contributed by atoms with Gasteiger partial charge in [-0.3, -0.25) is 10.1 Å². The highest BCUT2D eigenvalue weighted by molar-refractivity contribution is 8.03. The Morgan fingerprint density at radius 2 is 2.31 bits per heavy atom. The van der Waals surface area contributed by atoms with Crippen molar-refractivity contribution in [2.45, 2.75) is 37.0 Å². The van der Waals surface area contributed by atoms with Crippen molar-refractivity contribution in [1.29, 1.82) is 0 Å². The van der Waals surface area contributed by atoms with Crippen LogP contribution in [0.3, 0.4) is 0 Å². The lowest BCUT2D eigenvalue weighted by atomic mass is 9.97. The van der Waals surface area contributed by atoms with Crippen molar-refractivity contribution >= 4 is 11.8 Å². The molecule has 5 heteroatoms. The zero-order valence-corrected chi connectivity index (χ0v) is 7.96. The molecule has 0 spiro atoms. The third-order valence-corrected chi connectivity index (χ3v) is 3.66. The minimum atomic E-state index is -0.445. The van der Waals surface area contributed by atoms with E-state index in [0.717, 1.165) is 19.0 Å². The van der Waals surface area contributed by atoms with E-state index >= 15 is 0 Å². The van der Waals surface area contributed by atoms with E-state index in [2.05, 4.69) is 0 Å². The number of hydrogen-bond donors (Lipinski definition) is 0. The number of thioether (sulfide) groups is 1. The minimum Gasteiger partial charge on any atom is -0.478 e. The van der Waals surface area contributed by atoms with Gasteiger partial charge in [-0.1, -0.05) is 18.2 Å². The molecule has 0 aromatic rings. The molecule has 4 nitrogen and oxygen atoms in total. The first-order valence-corrected chi connectivity index (χ1v) is 5.32. The van der Waals surface area contributed by atoms with E-state index in [1.165, 1.54) is 24.6 Å². The Kier molecular flexibility index (Phi) is 2.44. The normalized spacial score (nSPS) is 35.5. The SMILES string of the molecule is O=[N+]([O-])/C=C1/OC2CCCCC2S1. The molecular weight excluding hydrogens is 190 g/mol. The van der Waals surface area contributed by atoms with Crippen molar-refractivity contribution in [3.8, 4) is 0 Å². The molecule has 2 aliphatic rings. The summed E-state index contributed by atoms with van der Waals surface area (Å²) in [6.45, 7) is 0. The van der Waals surface area contributed by atoms with Crippen LogP contribution in [0.1, 0.15) is 25.7 Å². The fourth-order valence-electron chi connectivity index (χ4n) is 1.81. The summed E-state index contributed by atoms with van der Waals surface area (Å²) in [7, 11) is 0. The largest absolute Gasteiger partial charge is 0.478 e. The monoisotopic (exact) mass is 201 g/mol. The molecule has 1 saturated heterocycles. The molecule has 2 rings (SSSR count). The van der Waals surface area contributed by atoms with Gasteiger partial charge in [-0.2, -0.15) is 0 Å². The molecule has 0 radical (unpaired) electrons. The second-order valence-electron chi connectivity index (χ2n) is 3.33. The first kappa shape index (κ1) is 8.87. The Morgan fingerprint density at radius 3 is 3.00 bits per heavy atom. The predicted molar refractivity (Wildman–Crippen MR) is 49.8 cm³/mol. The molecule has 0 aromatic carbocycles. The van der Waals surface area contributed by atoms with Crippen LogP contribution in [0, 0.1) is 10.1 Å². The summed E-state index contributed by atoms with van der Waals surface area (Å²) in [5.41, 5.74) is 0. The number of nitrogens with zero attached hydrogens (tertiary/aromatic N) is 1.